The van der Waals surface area contributed by atoms with Gasteiger partial charge in [0.2, 0.25) is 0 Å². The molecule has 1 saturated heterocycles. The van der Waals surface area contributed by atoms with Crippen LogP contribution in [0.15, 0.2) is 29.2 Å². The third-order valence-electron chi connectivity index (χ3n) is 3.00. The smallest absolute Gasteiger partial charge is 0.293 e. The summed E-state index contributed by atoms with van der Waals surface area (Å²) in [6.07, 6.45) is 1.58. The van der Waals surface area contributed by atoms with Gasteiger partial charge < -0.3 is 10.6 Å². The fourth-order valence-corrected chi connectivity index (χ4v) is 3.02. The van der Waals surface area contributed by atoms with Crippen LogP contribution in [0.4, 0.5) is 9.18 Å². The summed E-state index contributed by atoms with van der Waals surface area (Å²) in [6.45, 7) is 3.24. The second-order valence-corrected chi connectivity index (χ2v) is 6.07. The van der Waals surface area contributed by atoms with Gasteiger partial charge in [-0.25, -0.2) is 4.39 Å². The van der Waals surface area contributed by atoms with Crippen molar-refractivity contribution in [1.82, 2.24) is 15.5 Å². The molecule has 1 aromatic carbocycles. The SMILES string of the molecule is CCNC(=S)NCCN1C(=O)S/C(=C\c2ccc(F)cc2)C1=O. The zero-order chi connectivity index (χ0) is 16.8. The fraction of sp³-hybridized carbons (Fsp3) is 0.267. The van der Waals surface area contributed by atoms with Crippen molar-refractivity contribution >= 4 is 46.3 Å². The molecule has 2 rings (SSSR count). The van der Waals surface area contributed by atoms with Gasteiger partial charge in [-0.2, -0.15) is 0 Å². The van der Waals surface area contributed by atoms with Gasteiger partial charge in [0.05, 0.1) is 4.91 Å². The summed E-state index contributed by atoms with van der Waals surface area (Å²) in [7, 11) is 0. The van der Waals surface area contributed by atoms with E-state index < -0.39 is 0 Å². The normalized spacial score (nSPS) is 16.1. The molecule has 0 aromatic heterocycles. The van der Waals surface area contributed by atoms with Crippen molar-refractivity contribution in [3.05, 3.63) is 40.6 Å². The van der Waals surface area contributed by atoms with E-state index in [2.05, 4.69) is 10.6 Å². The lowest BCUT2D eigenvalue weighted by Gasteiger charge is -2.14. The van der Waals surface area contributed by atoms with E-state index >= 15 is 0 Å². The summed E-state index contributed by atoms with van der Waals surface area (Å²) in [5.41, 5.74) is 0.670. The van der Waals surface area contributed by atoms with Crippen LogP contribution in [0.5, 0.6) is 0 Å². The van der Waals surface area contributed by atoms with Gasteiger partial charge in [0, 0.05) is 19.6 Å². The Morgan fingerprint density at radius 2 is 2.00 bits per heavy atom. The summed E-state index contributed by atoms with van der Waals surface area (Å²) < 4.78 is 12.9. The number of carbonyl (C=O) groups is 2. The molecule has 0 radical (unpaired) electrons. The van der Waals surface area contributed by atoms with Crippen molar-refractivity contribution in [2.24, 2.45) is 0 Å². The van der Waals surface area contributed by atoms with E-state index in [4.69, 9.17) is 12.2 Å². The van der Waals surface area contributed by atoms with E-state index in [1.807, 2.05) is 6.92 Å². The average Bonchev–Trinajstić information content (AvgIpc) is 2.77. The van der Waals surface area contributed by atoms with Gasteiger partial charge in [-0.1, -0.05) is 12.1 Å². The summed E-state index contributed by atoms with van der Waals surface area (Å²) in [5, 5.41) is 6.02. The number of imide groups is 1. The number of carbonyl (C=O) groups excluding carboxylic acids is 2. The number of nitrogens with one attached hydrogen (secondary N) is 2. The molecule has 0 unspecified atom stereocenters. The summed E-state index contributed by atoms with van der Waals surface area (Å²) in [6, 6.07) is 5.72. The van der Waals surface area contributed by atoms with Crippen molar-refractivity contribution in [2.45, 2.75) is 6.92 Å². The Morgan fingerprint density at radius 3 is 2.65 bits per heavy atom. The highest BCUT2D eigenvalue weighted by molar-refractivity contribution is 8.18. The van der Waals surface area contributed by atoms with Crippen LogP contribution in [-0.2, 0) is 4.79 Å². The Labute approximate surface area is 143 Å². The molecule has 0 bridgehead atoms. The van der Waals surface area contributed by atoms with Crippen molar-refractivity contribution in [3.63, 3.8) is 0 Å². The van der Waals surface area contributed by atoms with Crippen molar-refractivity contribution in [1.29, 1.82) is 0 Å². The molecule has 1 fully saturated rings. The molecular formula is C15H16FN3O2S2. The zero-order valence-corrected chi connectivity index (χ0v) is 14.1. The predicted molar refractivity (Wildman–Crippen MR) is 93.4 cm³/mol. The lowest BCUT2D eigenvalue weighted by molar-refractivity contribution is -0.122. The first-order chi connectivity index (χ1) is 11.0. The minimum atomic E-state index is -0.349. The van der Waals surface area contributed by atoms with E-state index in [9.17, 15) is 14.0 Å². The number of nitrogens with zero attached hydrogens (tertiary/aromatic N) is 1. The highest BCUT2D eigenvalue weighted by Gasteiger charge is 2.34. The first kappa shape index (κ1) is 17.4. The molecule has 1 heterocycles. The molecule has 1 aliphatic rings. The summed E-state index contributed by atoms with van der Waals surface area (Å²) in [4.78, 5) is 25.7. The summed E-state index contributed by atoms with van der Waals surface area (Å²) >= 11 is 5.89. The largest absolute Gasteiger partial charge is 0.363 e. The average molecular weight is 353 g/mol. The van der Waals surface area contributed by atoms with Crippen LogP contribution in [-0.4, -0.2) is 40.8 Å². The number of halogens is 1. The second kappa shape index (κ2) is 8.07. The minimum absolute atomic E-state index is 0.233. The topological polar surface area (TPSA) is 61.4 Å². The number of amides is 2. The molecule has 8 heteroatoms. The Morgan fingerprint density at radius 1 is 1.30 bits per heavy atom. The molecule has 2 N–H and O–H groups in total. The minimum Gasteiger partial charge on any atom is -0.363 e. The molecule has 2 amide bonds. The summed E-state index contributed by atoms with van der Waals surface area (Å²) in [5.74, 6) is -0.696. The highest BCUT2D eigenvalue weighted by Crippen LogP contribution is 2.31. The van der Waals surface area contributed by atoms with E-state index in [0.29, 0.717) is 28.7 Å². The first-order valence-corrected chi connectivity index (χ1v) is 8.26. The third-order valence-corrected chi connectivity index (χ3v) is 4.20. The molecule has 1 aromatic rings. The monoisotopic (exact) mass is 353 g/mol. The van der Waals surface area contributed by atoms with E-state index in [0.717, 1.165) is 11.8 Å². The Hall–Kier alpha value is -1.93. The standard InChI is InChI=1S/C15H16FN3O2S2/c1-2-17-14(22)18-7-8-19-13(20)12(23-15(19)21)9-10-3-5-11(16)6-4-10/h3-6,9H,2,7-8H2,1H3,(H2,17,18,22)/b12-9-. The molecule has 1 aliphatic heterocycles. The molecular weight excluding hydrogens is 337 g/mol. The number of benzene rings is 1. The van der Waals surface area contributed by atoms with Gasteiger partial charge in [-0.05, 0) is 54.7 Å². The molecule has 23 heavy (non-hydrogen) atoms. The van der Waals surface area contributed by atoms with Crippen LogP contribution in [0.2, 0.25) is 0 Å². The number of hydrogen-bond donors (Lipinski definition) is 2. The maximum Gasteiger partial charge on any atom is 0.293 e. The van der Waals surface area contributed by atoms with Crippen LogP contribution in [0.3, 0.4) is 0 Å². The molecule has 5 nitrogen and oxygen atoms in total. The van der Waals surface area contributed by atoms with Gasteiger partial charge in [0.25, 0.3) is 11.1 Å². The van der Waals surface area contributed by atoms with E-state index in [1.165, 1.54) is 17.0 Å². The fourth-order valence-electron chi connectivity index (χ4n) is 1.91. The van der Waals surface area contributed by atoms with Gasteiger partial charge in [0.15, 0.2) is 5.11 Å². The quantitative estimate of drug-likeness (QED) is 0.626. The number of thiocarbonyl (C=S) groups is 1. The van der Waals surface area contributed by atoms with E-state index in [-0.39, 0.29) is 23.5 Å². The number of thioether (sulfide) groups is 1. The molecule has 0 saturated carbocycles. The highest BCUT2D eigenvalue weighted by atomic mass is 32.2. The molecule has 0 spiro atoms. The van der Waals surface area contributed by atoms with Crippen molar-refractivity contribution in [2.75, 3.05) is 19.6 Å². The number of hydrogen-bond acceptors (Lipinski definition) is 4. The van der Waals surface area contributed by atoms with Crippen LogP contribution < -0.4 is 10.6 Å². The lowest BCUT2D eigenvalue weighted by Crippen LogP contribution is -2.41. The maximum atomic E-state index is 12.9. The van der Waals surface area contributed by atoms with Crippen molar-refractivity contribution < 1.29 is 14.0 Å². The van der Waals surface area contributed by atoms with Crippen LogP contribution >= 0.6 is 24.0 Å². The van der Waals surface area contributed by atoms with Crippen molar-refractivity contribution in [3.8, 4) is 0 Å². The Balaban J connectivity index is 1.96. The van der Waals surface area contributed by atoms with Crippen LogP contribution in [0, 0.1) is 5.82 Å². The Bertz CT molecular complexity index is 647. The molecule has 122 valence electrons. The van der Waals surface area contributed by atoms with Gasteiger partial charge in [-0.15, -0.1) is 0 Å². The van der Waals surface area contributed by atoms with Crippen LogP contribution in [0.25, 0.3) is 6.08 Å². The molecule has 0 aliphatic carbocycles. The van der Waals surface area contributed by atoms with Gasteiger partial charge >= 0.3 is 0 Å². The zero-order valence-electron chi connectivity index (χ0n) is 12.5. The van der Waals surface area contributed by atoms with Gasteiger partial charge in [0.1, 0.15) is 5.82 Å². The number of rotatable bonds is 5. The van der Waals surface area contributed by atoms with Gasteiger partial charge in [-0.3, -0.25) is 14.5 Å². The van der Waals surface area contributed by atoms with Crippen LogP contribution in [0.1, 0.15) is 12.5 Å². The molecule has 0 atom stereocenters. The Kier molecular flexibility index (Phi) is 6.12. The van der Waals surface area contributed by atoms with E-state index in [1.54, 1.807) is 18.2 Å². The first-order valence-electron chi connectivity index (χ1n) is 7.04. The second-order valence-electron chi connectivity index (χ2n) is 4.67. The maximum absolute atomic E-state index is 12.9. The predicted octanol–water partition coefficient (Wildman–Crippen LogP) is 2.35. The lowest BCUT2D eigenvalue weighted by atomic mass is 10.2. The third kappa shape index (κ3) is 4.77.